The number of nitrogens with one attached hydrogen (secondary N) is 1. The van der Waals surface area contributed by atoms with Crippen molar-refractivity contribution in [3.63, 3.8) is 0 Å². The van der Waals surface area contributed by atoms with Gasteiger partial charge in [0.05, 0.1) is 11.9 Å². The molecule has 1 aromatic heterocycles. The number of nitrogens with zero attached hydrogens (tertiary/aromatic N) is 2. The number of carbonyl (C=O) groups is 1. The maximum atomic E-state index is 11.9. The van der Waals surface area contributed by atoms with Gasteiger partial charge in [-0.25, -0.2) is 0 Å². The lowest BCUT2D eigenvalue weighted by molar-refractivity contribution is -0.111. The second-order valence-electron chi connectivity index (χ2n) is 5.22. The normalized spacial score (nSPS) is 10.8. The second-order valence-corrected chi connectivity index (χ2v) is 5.22. The van der Waals surface area contributed by atoms with Gasteiger partial charge < -0.3 is 5.32 Å². The number of benzene rings is 2. The van der Waals surface area contributed by atoms with Gasteiger partial charge in [-0.2, -0.15) is 5.10 Å². The Labute approximate surface area is 135 Å². The first-order chi connectivity index (χ1) is 11.2. The molecule has 23 heavy (non-hydrogen) atoms. The van der Waals surface area contributed by atoms with Crippen LogP contribution in [0.3, 0.4) is 0 Å². The van der Waals surface area contributed by atoms with Gasteiger partial charge in [0.1, 0.15) is 0 Å². The Balaban J connectivity index is 1.71. The standard InChI is InChI=1S/C19H17N3O/c1-22-14-18(13-20-22)21-19(23)11-10-15-6-5-9-17(12-15)16-7-3-2-4-8-16/h2-14H,1H3,(H,21,23)/b11-10+. The Morgan fingerprint density at radius 2 is 1.87 bits per heavy atom. The van der Waals surface area contributed by atoms with Crippen molar-refractivity contribution in [2.45, 2.75) is 0 Å². The van der Waals surface area contributed by atoms with Crippen molar-refractivity contribution < 1.29 is 4.79 Å². The number of carbonyl (C=O) groups excluding carboxylic acids is 1. The smallest absolute Gasteiger partial charge is 0.248 e. The minimum absolute atomic E-state index is 0.178. The van der Waals surface area contributed by atoms with Gasteiger partial charge in [-0.1, -0.05) is 48.5 Å². The minimum Gasteiger partial charge on any atom is -0.320 e. The molecule has 114 valence electrons. The maximum absolute atomic E-state index is 11.9. The molecule has 4 nitrogen and oxygen atoms in total. The van der Waals surface area contributed by atoms with Crippen LogP contribution in [0.2, 0.25) is 0 Å². The molecule has 3 rings (SSSR count). The fourth-order valence-electron chi connectivity index (χ4n) is 2.29. The summed E-state index contributed by atoms with van der Waals surface area (Å²) in [5, 5.41) is 6.78. The molecule has 0 aliphatic carbocycles. The van der Waals surface area contributed by atoms with E-state index in [-0.39, 0.29) is 5.91 Å². The highest BCUT2D eigenvalue weighted by Gasteiger charge is 2.00. The average molecular weight is 303 g/mol. The summed E-state index contributed by atoms with van der Waals surface area (Å²) in [7, 11) is 1.81. The predicted octanol–water partition coefficient (Wildman–Crippen LogP) is 3.74. The molecule has 3 aromatic rings. The predicted molar refractivity (Wildman–Crippen MR) is 92.7 cm³/mol. The molecule has 1 N–H and O–H groups in total. The van der Waals surface area contributed by atoms with Crippen LogP contribution in [0.25, 0.3) is 17.2 Å². The Kier molecular flexibility index (Phi) is 4.34. The van der Waals surface area contributed by atoms with Crippen LogP contribution in [0.4, 0.5) is 5.69 Å². The van der Waals surface area contributed by atoms with Gasteiger partial charge >= 0.3 is 0 Å². The van der Waals surface area contributed by atoms with Crippen LogP contribution in [0.5, 0.6) is 0 Å². The maximum Gasteiger partial charge on any atom is 0.248 e. The van der Waals surface area contributed by atoms with Crippen molar-refractivity contribution in [3.8, 4) is 11.1 Å². The topological polar surface area (TPSA) is 46.9 Å². The van der Waals surface area contributed by atoms with E-state index in [1.54, 1.807) is 30.2 Å². The zero-order valence-electron chi connectivity index (χ0n) is 12.8. The van der Waals surface area contributed by atoms with Gasteiger partial charge in [-0.3, -0.25) is 9.48 Å². The summed E-state index contributed by atoms with van der Waals surface area (Å²) >= 11 is 0. The van der Waals surface area contributed by atoms with Crippen molar-refractivity contribution in [3.05, 3.63) is 78.6 Å². The Hall–Kier alpha value is -3.14. The third-order valence-corrected chi connectivity index (χ3v) is 3.39. The lowest BCUT2D eigenvalue weighted by atomic mass is 10.0. The Morgan fingerprint density at radius 1 is 1.09 bits per heavy atom. The number of rotatable bonds is 4. The summed E-state index contributed by atoms with van der Waals surface area (Å²) in [6.07, 6.45) is 6.69. The van der Waals surface area contributed by atoms with Crippen LogP contribution in [-0.4, -0.2) is 15.7 Å². The highest BCUT2D eigenvalue weighted by molar-refractivity contribution is 6.01. The molecule has 1 heterocycles. The number of anilines is 1. The van der Waals surface area contributed by atoms with Gasteiger partial charge in [-0.05, 0) is 28.8 Å². The molecule has 0 saturated carbocycles. The van der Waals surface area contributed by atoms with Gasteiger partial charge in [0.25, 0.3) is 0 Å². The zero-order valence-corrected chi connectivity index (χ0v) is 12.8. The fourth-order valence-corrected chi connectivity index (χ4v) is 2.29. The average Bonchev–Trinajstić information content (AvgIpc) is 2.99. The highest BCUT2D eigenvalue weighted by atomic mass is 16.1. The summed E-state index contributed by atoms with van der Waals surface area (Å²) < 4.78 is 1.64. The lowest BCUT2D eigenvalue weighted by Gasteiger charge is -2.02. The third-order valence-electron chi connectivity index (χ3n) is 3.39. The first kappa shape index (κ1) is 14.8. The molecule has 0 unspecified atom stereocenters. The molecule has 0 aliphatic heterocycles. The quantitative estimate of drug-likeness (QED) is 0.746. The van der Waals surface area contributed by atoms with E-state index in [1.807, 2.05) is 30.3 Å². The van der Waals surface area contributed by atoms with Crippen LogP contribution >= 0.6 is 0 Å². The molecule has 2 aromatic carbocycles. The third kappa shape index (κ3) is 3.95. The summed E-state index contributed by atoms with van der Waals surface area (Å²) in [6, 6.07) is 18.2. The summed E-state index contributed by atoms with van der Waals surface area (Å²) in [6.45, 7) is 0. The highest BCUT2D eigenvalue weighted by Crippen LogP contribution is 2.20. The number of hydrogen-bond donors (Lipinski definition) is 1. The van der Waals surface area contributed by atoms with Crippen LogP contribution < -0.4 is 5.32 Å². The molecule has 0 aliphatic rings. The molecule has 1 amide bonds. The first-order valence-electron chi connectivity index (χ1n) is 7.34. The first-order valence-corrected chi connectivity index (χ1v) is 7.34. The van der Waals surface area contributed by atoms with Crippen molar-refractivity contribution in [2.75, 3.05) is 5.32 Å². The van der Waals surface area contributed by atoms with Crippen LogP contribution in [0.1, 0.15) is 5.56 Å². The van der Waals surface area contributed by atoms with E-state index < -0.39 is 0 Å². The van der Waals surface area contributed by atoms with Crippen molar-refractivity contribution >= 4 is 17.7 Å². The fraction of sp³-hybridized carbons (Fsp3) is 0.0526. The largest absolute Gasteiger partial charge is 0.320 e. The van der Waals surface area contributed by atoms with Gasteiger partial charge in [-0.15, -0.1) is 0 Å². The molecule has 0 atom stereocenters. The number of aromatic nitrogens is 2. The van der Waals surface area contributed by atoms with Gasteiger partial charge in [0.15, 0.2) is 0 Å². The molecule has 0 saturated heterocycles. The van der Waals surface area contributed by atoms with E-state index in [0.29, 0.717) is 5.69 Å². The number of aryl methyl sites for hydroxylation is 1. The summed E-state index contributed by atoms with van der Waals surface area (Å²) in [5.41, 5.74) is 3.94. The van der Waals surface area contributed by atoms with Crippen LogP contribution in [0, 0.1) is 0 Å². The van der Waals surface area contributed by atoms with Crippen LogP contribution in [0.15, 0.2) is 73.1 Å². The van der Waals surface area contributed by atoms with Gasteiger partial charge in [0.2, 0.25) is 5.91 Å². The number of hydrogen-bond acceptors (Lipinski definition) is 2. The molecule has 4 heteroatoms. The van der Waals surface area contributed by atoms with E-state index in [4.69, 9.17) is 0 Å². The monoisotopic (exact) mass is 303 g/mol. The molecule has 0 bridgehead atoms. The van der Waals surface area contributed by atoms with Gasteiger partial charge in [0, 0.05) is 19.3 Å². The Morgan fingerprint density at radius 3 is 2.61 bits per heavy atom. The van der Waals surface area contributed by atoms with Crippen LogP contribution in [-0.2, 0) is 11.8 Å². The Bertz CT molecular complexity index is 835. The minimum atomic E-state index is -0.178. The molecule has 0 spiro atoms. The second kappa shape index (κ2) is 6.75. The van der Waals surface area contributed by atoms with Crippen molar-refractivity contribution in [1.82, 2.24) is 9.78 Å². The molecule has 0 fully saturated rings. The lowest BCUT2D eigenvalue weighted by Crippen LogP contribution is -2.06. The van der Waals surface area contributed by atoms with E-state index in [0.717, 1.165) is 16.7 Å². The van der Waals surface area contributed by atoms with Crippen molar-refractivity contribution in [2.24, 2.45) is 7.05 Å². The van der Waals surface area contributed by atoms with E-state index in [1.165, 1.54) is 6.08 Å². The molecular formula is C19H17N3O. The van der Waals surface area contributed by atoms with E-state index in [2.05, 4.69) is 34.7 Å². The summed E-state index contributed by atoms with van der Waals surface area (Å²) in [4.78, 5) is 11.9. The zero-order chi connectivity index (χ0) is 16.1. The van der Waals surface area contributed by atoms with Crippen molar-refractivity contribution in [1.29, 1.82) is 0 Å². The van der Waals surface area contributed by atoms with E-state index in [9.17, 15) is 4.79 Å². The molecule has 0 radical (unpaired) electrons. The number of amides is 1. The SMILES string of the molecule is Cn1cc(NC(=O)/C=C/c2cccc(-c3ccccc3)c2)cn1. The molecular weight excluding hydrogens is 286 g/mol. The van der Waals surface area contributed by atoms with E-state index >= 15 is 0 Å². The summed E-state index contributed by atoms with van der Waals surface area (Å²) in [5.74, 6) is -0.178.